The van der Waals surface area contributed by atoms with Crippen molar-refractivity contribution < 1.29 is 47.4 Å². The van der Waals surface area contributed by atoms with Crippen molar-refractivity contribution in [2.75, 3.05) is 70.1 Å². The zero-order valence-corrected chi connectivity index (χ0v) is 47.3. The van der Waals surface area contributed by atoms with E-state index in [1.54, 1.807) is 69.0 Å². The maximum Gasteiger partial charge on any atom is 0.127 e. The van der Waals surface area contributed by atoms with Crippen LogP contribution in [0.2, 0.25) is 0 Å². The number of unbranched alkanes of at least 4 members (excludes halogenated alkanes) is 2. The lowest BCUT2D eigenvalue weighted by Gasteiger charge is -2.19. The first-order valence-electron chi connectivity index (χ1n) is 26.5. The van der Waals surface area contributed by atoms with Crippen molar-refractivity contribution in [1.29, 1.82) is 0 Å². The molecule has 2 atom stereocenters. The van der Waals surface area contributed by atoms with E-state index in [0.717, 1.165) is 119 Å². The second kappa shape index (κ2) is 30.8. The largest absolute Gasteiger partial charge is 0.496 e. The summed E-state index contributed by atoms with van der Waals surface area (Å²) < 4.78 is 60.4. The van der Waals surface area contributed by atoms with E-state index < -0.39 is 0 Å². The van der Waals surface area contributed by atoms with E-state index in [9.17, 15) is 0 Å². The molecule has 0 amide bonds. The van der Waals surface area contributed by atoms with Gasteiger partial charge in [0.2, 0.25) is 0 Å². The Bertz CT molecular complexity index is 2810. The summed E-state index contributed by atoms with van der Waals surface area (Å²) >= 11 is 0. The Labute approximate surface area is 454 Å². The molecule has 76 heavy (non-hydrogen) atoms. The summed E-state index contributed by atoms with van der Waals surface area (Å²) in [6.07, 6.45) is 28.4. The molecule has 0 N–H and O–H groups in total. The molecule has 0 aromatic heterocycles. The van der Waals surface area contributed by atoms with Gasteiger partial charge < -0.3 is 47.4 Å². The molecule has 0 radical (unpaired) electrons. The summed E-state index contributed by atoms with van der Waals surface area (Å²) in [4.78, 5) is 0. The predicted molar refractivity (Wildman–Crippen MR) is 318 cm³/mol. The van der Waals surface area contributed by atoms with Crippen molar-refractivity contribution in [3.63, 3.8) is 0 Å². The Morgan fingerprint density at radius 2 is 0.513 bits per heavy atom. The molecule has 0 bridgehead atoms. The maximum atomic E-state index is 6.72. The highest BCUT2D eigenvalue weighted by Gasteiger charge is 2.17. The van der Waals surface area contributed by atoms with Crippen molar-refractivity contribution in [3.8, 4) is 57.5 Å². The number of ether oxygens (including phenoxy) is 10. The molecule has 0 fully saturated rings. The van der Waals surface area contributed by atoms with Gasteiger partial charge in [-0.05, 0) is 85.3 Å². The van der Waals surface area contributed by atoms with Crippen LogP contribution in [0.5, 0.6) is 57.5 Å². The van der Waals surface area contributed by atoms with Crippen LogP contribution in [0.15, 0.2) is 73.8 Å². The van der Waals surface area contributed by atoms with Crippen LogP contribution in [0, 0.1) is 11.8 Å². The second-order valence-electron chi connectivity index (χ2n) is 18.5. The van der Waals surface area contributed by atoms with Crippen LogP contribution in [0.4, 0.5) is 0 Å². The fraction of sp³-hybridized carbons (Fsp3) is 0.364. The van der Waals surface area contributed by atoms with E-state index in [4.69, 9.17) is 47.4 Å². The van der Waals surface area contributed by atoms with E-state index in [2.05, 4.69) is 40.9 Å². The number of hydrogen-bond acceptors (Lipinski definition) is 10. The van der Waals surface area contributed by atoms with Crippen molar-refractivity contribution in [2.45, 2.75) is 79.1 Å². The highest BCUT2D eigenvalue weighted by molar-refractivity contribution is 5.85. The molecule has 0 aliphatic rings. The molecule has 0 aliphatic carbocycles. The average molecular weight is 1040 g/mol. The van der Waals surface area contributed by atoms with Crippen molar-refractivity contribution in [2.24, 2.45) is 11.8 Å². The van der Waals surface area contributed by atoms with Crippen molar-refractivity contribution in [1.82, 2.24) is 0 Å². The number of hydrogen-bond donors (Lipinski definition) is 0. The van der Waals surface area contributed by atoms with Gasteiger partial charge in [-0.1, -0.05) is 140 Å². The summed E-state index contributed by atoms with van der Waals surface area (Å²) in [5.41, 5.74) is 8.39. The summed E-state index contributed by atoms with van der Waals surface area (Å²) in [6, 6.07) is 19.8. The summed E-state index contributed by atoms with van der Waals surface area (Å²) in [5.74, 6) is 7.76. The van der Waals surface area contributed by atoms with E-state index in [-0.39, 0.29) is 0 Å². The Hall–Kier alpha value is -7.46. The predicted octanol–water partition coefficient (Wildman–Crippen LogP) is 16.9. The van der Waals surface area contributed by atoms with E-state index in [1.165, 1.54) is 0 Å². The molecular weight excluding hydrogens is 953 g/mol. The van der Waals surface area contributed by atoms with Gasteiger partial charge in [-0.15, -0.1) is 0 Å². The highest BCUT2D eigenvalue weighted by atomic mass is 16.5. The summed E-state index contributed by atoms with van der Waals surface area (Å²) in [6.45, 7) is 17.9. The molecule has 0 heterocycles. The Morgan fingerprint density at radius 1 is 0.316 bits per heavy atom. The first-order valence-corrected chi connectivity index (χ1v) is 26.5. The lowest BCUT2D eigenvalue weighted by atomic mass is 10.00. The first kappa shape index (κ1) is 59.4. The van der Waals surface area contributed by atoms with E-state index in [1.807, 2.05) is 109 Å². The minimum absolute atomic E-state index is 0.418. The van der Waals surface area contributed by atoms with Gasteiger partial charge in [-0.25, -0.2) is 0 Å². The molecule has 0 aliphatic heterocycles. The molecule has 406 valence electrons. The van der Waals surface area contributed by atoms with Gasteiger partial charge in [-0.3, -0.25) is 0 Å². The molecular formula is C66H82O10. The van der Waals surface area contributed by atoms with Crippen LogP contribution in [0.1, 0.15) is 135 Å². The van der Waals surface area contributed by atoms with Crippen LogP contribution in [-0.4, -0.2) is 70.1 Å². The molecule has 0 saturated heterocycles. The minimum Gasteiger partial charge on any atom is -0.496 e. The summed E-state index contributed by atoms with van der Waals surface area (Å²) in [7, 11) is 13.3. The first-order chi connectivity index (χ1) is 37.0. The van der Waals surface area contributed by atoms with Crippen LogP contribution >= 0.6 is 0 Å². The minimum atomic E-state index is 0.418. The monoisotopic (exact) mass is 1030 g/mol. The van der Waals surface area contributed by atoms with E-state index >= 15 is 0 Å². The van der Waals surface area contributed by atoms with Crippen LogP contribution in [-0.2, 0) is 0 Å². The normalized spacial score (nSPS) is 12.3. The molecule has 2 unspecified atom stereocenters. The third kappa shape index (κ3) is 15.8. The van der Waals surface area contributed by atoms with Gasteiger partial charge in [0.25, 0.3) is 0 Å². The molecule has 5 aromatic carbocycles. The van der Waals surface area contributed by atoms with Crippen LogP contribution < -0.4 is 47.4 Å². The smallest absolute Gasteiger partial charge is 0.127 e. The summed E-state index contributed by atoms with van der Waals surface area (Å²) in [5, 5.41) is 0. The van der Waals surface area contributed by atoms with Gasteiger partial charge in [-0.2, -0.15) is 0 Å². The van der Waals surface area contributed by atoms with E-state index in [0.29, 0.717) is 71.0 Å². The Balaban J connectivity index is 1.55. The number of benzene rings is 5. The fourth-order valence-corrected chi connectivity index (χ4v) is 8.91. The van der Waals surface area contributed by atoms with Gasteiger partial charge in [0.1, 0.15) is 57.5 Å². The van der Waals surface area contributed by atoms with Gasteiger partial charge in [0.15, 0.2) is 0 Å². The van der Waals surface area contributed by atoms with Gasteiger partial charge >= 0.3 is 0 Å². The number of methoxy groups -OCH3 is 8. The molecule has 5 aromatic rings. The molecule has 10 heteroatoms. The fourth-order valence-electron chi connectivity index (χ4n) is 8.91. The SMILES string of the molecule is C=Cc1cc(OC)c(/C=C/c2cc(OCC(CC)CCCC)c(/C=C/c3cc(OC)c(/C=C/c4cc(OCC(CC)CCCC)c(/C=C/c5cc(OC)c(C=C)cc5OC)cc4OC)cc3OC)cc2OC)cc1OC. The van der Waals surface area contributed by atoms with Gasteiger partial charge in [0.05, 0.1) is 70.1 Å². The zero-order chi connectivity index (χ0) is 55.0. The molecule has 5 rings (SSSR count). The Kier molecular flexibility index (Phi) is 24.1. The lowest BCUT2D eigenvalue weighted by molar-refractivity contribution is 0.232. The quantitative estimate of drug-likeness (QED) is 0.0388. The molecule has 0 saturated carbocycles. The highest BCUT2D eigenvalue weighted by Crippen LogP contribution is 2.39. The van der Waals surface area contributed by atoms with Gasteiger partial charge in [0, 0.05) is 55.6 Å². The van der Waals surface area contributed by atoms with Crippen LogP contribution in [0.25, 0.3) is 60.8 Å². The molecule has 0 spiro atoms. The third-order valence-corrected chi connectivity index (χ3v) is 13.7. The average Bonchev–Trinajstić information content (AvgIpc) is 3.46. The second-order valence-corrected chi connectivity index (χ2v) is 18.5. The van der Waals surface area contributed by atoms with Crippen molar-refractivity contribution >= 4 is 60.8 Å². The third-order valence-electron chi connectivity index (χ3n) is 13.7. The topological polar surface area (TPSA) is 92.3 Å². The number of rotatable bonds is 32. The Morgan fingerprint density at radius 3 is 0.711 bits per heavy atom. The lowest BCUT2D eigenvalue weighted by Crippen LogP contribution is -2.12. The standard InChI is InChI=1S/C66H82O10/c1-15-21-23-45(17-3)43-75-65-42-54(64(74-14)39-55(65)31-29-50-36-58(68-8)48(20-6)34-60(50)70-10)28-26-51-37-62(72-12)52(38-61(51)71-11)30-32-56-40-63(73-13)53(41-66(56)76-44-46(18-4)24-22-16-2)27-25-49-35-57(67-7)47(19-5)33-59(49)69-9/h19-20,25-42,45-46H,5-6,15-18,21-24,43-44H2,1-4,7-14H3/b27-25+,28-26+,31-29+,32-30+. The maximum absolute atomic E-state index is 6.72. The zero-order valence-electron chi connectivity index (χ0n) is 47.3. The van der Waals surface area contributed by atoms with Crippen molar-refractivity contribution in [3.05, 3.63) is 129 Å². The van der Waals surface area contributed by atoms with Crippen LogP contribution in [0.3, 0.4) is 0 Å². The molecule has 10 nitrogen and oxygen atoms in total.